The Kier molecular flexibility index (Phi) is 6.64. The molecule has 0 aliphatic rings. The number of aliphatic carboxylic acids is 1. The first kappa shape index (κ1) is 18.6. The number of carbonyl (C=O) groups excluding carboxylic acids is 2. The Morgan fingerprint density at radius 1 is 1.35 bits per heavy atom. The summed E-state index contributed by atoms with van der Waals surface area (Å²) < 4.78 is 0. The standard InChI is InChI=1S/C13H17N3O6S/c1-7(2)5-8(13(19)20)15-10(17)6-14-12(18)9-3-4-11(23-9)16(21)22/h3-4,7-8H,5-6H2,1-2H3,(H,14,18)(H,15,17)(H,19,20)/t8-/m0/s1. The molecule has 3 N–H and O–H groups in total. The Balaban J connectivity index is 2.52. The molecule has 0 bridgehead atoms. The second kappa shape index (κ2) is 8.22. The van der Waals surface area contributed by atoms with E-state index < -0.39 is 35.3 Å². The van der Waals surface area contributed by atoms with Gasteiger partial charge in [-0.25, -0.2) is 4.79 Å². The van der Waals surface area contributed by atoms with Gasteiger partial charge in [-0.2, -0.15) is 0 Å². The fraction of sp³-hybridized carbons (Fsp3) is 0.462. The molecule has 0 aromatic carbocycles. The number of nitrogens with zero attached hydrogens (tertiary/aromatic N) is 1. The van der Waals surface area contributed by atoms with Gasteiger partial charge in [0.05, 0.1) is 16.3 Å². The van der Waals surface area contributed by atoms with E-state index >= 15 is 0 Å². The van der Waals surface area contributed by atoms with Crippen molar-refractivity contribution in [1.29, 1.82) is 0 Å². The van der Waals surface area contributed by atoms with Gasteiger partial charge in [-0.05, 0) is 18.4 Å². The van der Waals surface area contributed by atoms with Crippen LogP contribution in [-0.2, 0) is 9.59 Å². The van der Waals surface area contributed by atoms with Crippen molar-refractivity contribution in [2.75, 3.05) is 6.54 Å². The molecule has 1 aromatic rings. The number of hydrogen-bond donors (Lipinski definition) is 3. The maximum atomic E-state index is 11.8. The lowest BCUT2D eigenvalue weighted by Crippen LogP contribution is -2.46. The van der Waals surface area contributed by atoms with Crippen LogP contribution in [0.15, 0.2) is 12.1 Å². The Hall–Kier alpha value is -2.49. The zero-order chi connectivity index (χ0) is 17.6. The summed E-state index contributed by atoms with van der Waals surface area (Å²) in [5.74, 6) is -2.34. The van der Waals surface area contributed by atoms with Gasteiger partial charge in [0.15, 0.2) is 0 Å². The van der Waals surface area contributed by atoms with Crippen molar-refractivity contribution >= 4 is 34.1 Å². The molecule has 0 saturated carbocycles. The van der Waals surface area contributed by atoms with Crippen molar-refractivity contribution in [3.8, 4) is 0 Å². The Labute approximate surface area is 135 Å². The fourth-order valence-corrected chi connectivity index (χ4v) is 2.47. The van der Waals surface area contributed by atoms with Crippen LogP contribution in [0.25, 0.3) is 0 Å². The van der Waals surface area contributed by atoms with Crippen molar-refractivity contribution in [3.05, 3.63) is 27.1 Å². The maximum absolute atomic E-state index is 11.8. The predicted molar refractivity (Wildman–Crippen MR) is 82.3 cm³/mol. The zero-order valence-electron chi connectivity index (χ0n) is 12.6. The smallest absolute Gasteiger partial charge is 0.326 e. The van der Waals surface area contributed by atoms with E-state index in [4.69, 9.17) is 5.11 Å². The minimum Gasteiger partial charge on any atom is -0.480 e. The highest BCUT2D eigenvalue weighted by Crippen LogP contribution is 2.23. The summed E-state index contributed by atoms with van der Waals surface area (Å²) in [5, 5.41) is 24.0. The van der Waals surface area contributed by atoms with Crippen LogP contribution >= 0.6 is 11.3 Å². The van der Waals surface area contributed by atoms with E-state index in [2.05, 4.69) is 10.6 Å². The second-order valence-electron chi connectivity index (χ2n) is 5.17. The molecule has 0 unspecified atom stereocenters. The van der Waals surface area contributed by atoms with Crippen LogP contribution in [0.1, 0.15) is 29.9 Å². The molecule has 0 saturated heterocycles. The number of carboxylic acid groups (broad SMARTS) is 1. The molecule has 126 valence electrons. The van der Waals surface area contributed by atoms with Crippen LogP contribution < -0.4 is 10.6 Å². The van der Waals surface area contributed by atoms with Crippen molar-refractivity contribution in [2.24, 2.45) is 5.92 Å². The average molecular weight is 343 g/mol. The van der Waals surface area contributed by atoms with Gasteiger partial charge in [-0.1, -0.05) is 25.2 Å². The Bertz CT molecular complexity index is 613. The lowest BCUT2D eigenvalue weighted by Gasteiger charge is -2.16. The topological polar surface area (TPSA) is 139 Å². The summed E-state index contributed by atoms with van der Waals surface area (Å²) >= 11 is 0.691. The normalized spacial score (nSPS) is 11.8. The summed E-state index contributed by atoms with van der Waals surface area (Å²) in [5.41, 5.74) is 0. The number of amides is 2. The first-order valence-electron chi connectivity index (χ1n) is 6.75. The van der Waals surface area contributed by atoms with Crippen LogP contribution in [0.2, 0.25) is 0 Å². The maximum Gasteiger partial charge on any atom is 0.326 e. The van der Waals surface area contributed by atoms with Gasteiger partial charge >= 0.3 is 11.0 Å². The third kappa shape index (κ3) is 6.02. The van der Waals surface area contributed by atoms with Gasteiger partial charge in [0.25, 0.3) is 5.91 Å². The minimum atomic E-state index is -1.15. The van der Waals surface area contributed by atoms with E-state index in [1.807, 2.05) is 13.8 Å². The molecule has 1 atom stereocenters. The first-order chi connectivity index (χ1) is 10.7. The van der Waals surface area contributed by atoms with Crippen LogP contribution in [0.3, 0.4) is 0 Å². The number of hydrogen-bond acceptors (Lipinski definition) is 6. The van der Waals surface area contributed by atoms with Gasteiger partial charge in [0.1, 0.15) is 6.04 Å². The molecule has 0 aliphatic heterocycles. The van der Waals surface area contributed by atoms with Gasteiger partial charge in [-0.3, -0.25) is 19.7 Å². The largest absolute Gasteiger partial charge is 0.480 e. The van der Waals surface area contributed by atoms with Crippen LogP contribution in [0.5, 0.6) is 0 Å². The summed E-state index contributed by atoms with van der Waals surface area (Å²) in [6.45, 7) is 3.24. The highest BCUT2D eigenvalue weighted by molar-refractivity contribution is 7.17. The molecule has 0 radical (unpaired) electrons. The van der Waals surface area contributed by atoms with Crippen LogP contribution in [0.4, 0.5) is 5.00 Å². The third-order valence-corrected chi connectivity index (χ3v) is 3.78. The van der Waals surface area contributed by atoms with Gasteiger partial charge in [0.2, 0.25) is 5.91 Å². The first-order valence-corrected chi connectivity index (χ1v) is 7.57. The molecule has 1 rings (SSSR count). The van der Waals surface area contributed by atoms with E-state index in [0.29, 0.717) is 11.3 Å². The van der Waals surface area contributed by atoms with Crippen molar-refractivity contribution in [1.82, 2.24) is 10.6 Å². The molecule has 23 heavy (non-hydrogen) atoms. The van der Waals surface area contributed by atoms with E-state index in [1.165, 1.54) is 12.1 Å². The number of rotatable bonds is 8. The van der Waals surface area contributed by atoms with Crippen molar-refractivity contribution < 1.29 is 24.4 Å². The summed E-state index contributed by atoms with van der Waals surface area (Å²) in [6.07, 6.45) is 0.270. The fourth-order valence-electron chi connectivity index (χ4n) is 1.73. The number of carbonyl (C=O) groups is 3. The number of nitro groups is 1. The van der Waals surface area contributed by atoms with E-state index in [9.17, 15) is 24.5 Å². The van der Waals surface area contributed by atoms with Crippen LogP contribution in [0, 0.1) is 16.0 Å². The third-order valence-electron chi connectivity index (χ3n) is 2.75. The highest BCUT2D eigenvalue weighted by Gasteiger charge is 2.21. The van der Waals surface area contributed by atoms with Gasteiger partial charge in [-0.15, -0.1) is 0 Å². The molecule has 1 heterocycles. The summed E-state index contributed by atoms with van der Waals surface area (Å²) in [7, 11) is 0. The molecule has 9 nitrogen and oxygen atoms in total. The number of thiophene rings is 1. The molecule has 1 aromatic heterocycles. The monoisotopic (exact) mass is 343 g/mol. The van der Waals surface area contributed by atoms with Crippen molar-refractivity contribution in [2.45, 2.75) is 26.3 Å². The molecule has 0 fully saturated rings. The van der Waals surface area contributed by atoms with Gasteiger partial charge < -0.3 is 15.7 Å². The van der Waals surface area contributed by atoms with E-state index in [1.54, 1.807) is 0 Å². The van der Waals surface area contributed by atoms with Crippen LogP contribution in [-0.4, -0.2) is 40.4 Å². The second-order valence-corrected chi connectivity index (χ2v) is 6.23. The predicted octanol–water partition coefficient (Wildman–Crippen LogP) is 1.00. The molecular weight excluding hydrogens is 326 g/mol. The minimum absolute atomic E-state index is 0.0812. The summed E-state index contributed by atoms with van der Waals surface area (Å²) in [6, 6.07) is 1.46. The number of carboxylic acids is 1. The van der Waals surface area contributed by atoms with E-state index in [-0.39, 0.29) is 22.2 Å². The SMILES string of the molecule is CC(C)C[C@H](NC(=O)CNC(=O)c1ccc([N+](=O)[O-])s1)C(=O)O. The summed E-state index contributed by atoms with van der Waals surface area (Å²) in [4.78, 5) is 44.5. The zero-order valence-corrected chi connectivity index (χ0v) is 13.4. The molecule has 2 amide bonds. The number of nitrogens with one attached hydrogen (secondary N) is 2. The van der Waals surface area contributed by atoms with E-state index in [0.717, 1.165) is 0 Å². The van der Waals surface area contributed by atoms with Gasteiger partial charge in [0, 0.05) is 6.07 Å². The Morgan fingerprint density at radius 2 is 2.00 bits per heavy atom. The Morgan fingerprint density at radius 3 is 2.48 bits per heavy atom. The molecule has 0 aliphatic carbocycles. The quantitative estimate of drug-likeness (QED) is 0.475. The molecular formula is C13H17N3O6S. The lowest BCUT2D eigenvalue weighted by molar-refractivity contribution is -0.380. The molecule has 0 spiro atoms. The molecule has 10 heteroatoms. The average Bonchev–Trinajstić information content (AvgIpc) is 2.93. The van der Waals surface area contributed by atoms with Crippen molar-refractivity contribution in [3.63, 3.8) is 0 Å². The highest BCUT2D eigenvalue weighted by atomic mass is 32.1. The lowest BCUT2D eigenvalue weighted by atomic mass is 10.0.